The Labute approximate surface area is 109 Å². The number of rotatable bonds is 7. The summed E-state index contributed by atoms with van der Waals surface area (Å²) in [5, 5.41) is 0.525. The summed E-state index contributed by atoms with van der Waals surface area (Å²) in [6.45, 7) is 2.22. The molecule has 0 saturated carbocycles. The second-order valence-electron chi connectivity index (χ2n) is 4.06. The molecular weight excluding hydrogens is 234 g/mol. The van der Waals surface area contributed by atoms with E-state index in [1.54, 1.807) is 19.6 Å². The fourth-order valence-electron chi connectivity index (χ4n) is 1.72. The summed E-state index contributed by atoms with van der Waals surface area (Å²) in [7, 11) is 1.68. The first-order chi connectivity index (χ1) is 8.27. The lowest BCUT2D eigenvalue weighted by atomic mass is 10.0. The van der Waals surface area contributed by atoms with Crippen molar-refractivity contribution in [2.24, 2.45) is 0 Å². The smallest absolute Gasteiger partial charge is 0.129 e. The molecular formula is C14H20ClNO. The van der Waals surface area contributed by atoms with Gasteiger partial charge in [0.2, 0.25) is 0 Å². The van der Waals surface area contributed by atoms with Crippen molar-refractivity contribution in [1.29, 1.82) is 0 Å². The molecule has 0 aliphatic heterocycles. The number of ether oxygens (including phenoxy) is 1. The van der Waals surface area contributed by atoms with Gasteiger partial charge in [-0.1, -0.05) is 37.8 Å². The Morgan fingerprint density at radius 3 is 2.76 bits per heavy atom. The molecule has 0 fully saturated rings. The summed E-state index contributed by atoms with van der Waals surface area (Å²) in [4.78, 5) is 4.10. The molecule has 0 aliphatic carbocycles. The summed E-state index contributed by atoms with van der Waals surface area (Å²) in [6.07, 6.45) is 9.62. The molecule has 0 aromatic carbocycles. The Balaban J connectivity index is 2.60. The van der Waals surface area contributed by atoms with Gasteiger partial charge in [0.05, 0.1) is 13.4 Å². The van der Waals surface area contributed by atoms with E-state index in [2.05, 4.69) is 11.9 Å². The average Bonchev–Trinajstić information content (AvgIpc) is 2.34. The molecule has 0 aliphatic rings. The van der Waals surface area contributed by atoms with Crippen molar-refractivity contribution in [1.82, 2.24) is 4.98 Å². The van der Waals surface area contributed by atoms with Crippen molar-refractivity contribution in [3.63, 3.8) is 0 Å². The van der Waals surface area contributed by atoms with Gasteiger partial charge in [0.25, 0.3) is 0 Å². The van der Waals surface area contributed by atoms with Gasteiger partial charge in [-0.05, 0) is 36.1 Å². The van der Waals surface area contributed by atoms with E-state index in [9.17, 15) is 0 Å². The number of hydrogen-bond donors (Lipinski definition) is 0. The van der Waals surface area contributed by atoms with Gasteiger partial charge in [-0.2, -0.15) is 0 Å². The van der Waals surface area contributed by atoms with E-state index in [1.165, 1.54) is 31.3 Å². The molecule has 0 saturated heterocycles. The Morgan fingerprint density at radius 1 is 1.35 bits per heavy atom. The molecule has 3 heteroatoms. The normalized spacial score (nSPS) is 11.6. The number of pyridine rings is 1. The molecule has 17 heavy (non-hydrogen) atoms. The minimum Gasteiger partial charge on any atom is -0.504 e. The lowest BCUT2D eigenvalue weighted by molar-refractivity contribution is 0.338. The molecule has 0 atom stereocenters. The molecule has 0 spiro atoms. The average molecular weight is 254 g/mol. The summed E-state index contributed by atoms with van der Waals surface area (Å²) in [5.41, 5.74) is 2.28. The number of nitrogens with zero attached hydrogens (tertiary/aromatic N) is 1. The maximum Gasteiger partial charge on any atom is 0.129 e. The standard InChI is InChI=1S/C14H20ClNO/c1-3-4-5-6-7-13(11-17-2)12-8-9-14(15)16-10-12/h8-11H,3-7H2,1-2H3/b13-11-. The molecule has 1 rings (SSSR count). The number of hydrogen-bond acceptors (Lipinski definition) is 2. The van der Waals surface area contributed by atoms with Crippen LogP contribution in [0.3, 0.4) is 0 Å². The van der Waals surface area contributed by atoms with E-state index < -0.39 is 0 Å². The van der Waals surface area contributed by atoms with E-state index >= 15 is 0 Å². The zero-order valence-electron chi connectivity index (χ0n) is 10.6. The molecule has 0 unspecified atom stereocenters. The fourth-order valence-corrected chi connectivity index (χ4v) is 1.83. The van der Waals surface area contributed by atoms with Crippen LogP contribution in [0.15, 0.2) is 24.6 Å². The second-order valence-corrected chi connectivity index (χ2v) is 4.45. The van der Waals surface area contributed by atoms with Crippen molar-refractivity contribution in [2.45, 2.75) is 39.0 Å². The van der Waals surface area contributed by atoms with Gasteiger partial charge in [-0.15, -0.1) is 0 Å². The maximum absolute atomic E-state index is 5.78. The van der Waals surface area contributed by atoms with Crippen LogP contribution < -0.4 is 0 Å². The first kappa shape index (κ1) is 14.0. The molecule has 1 aromatic heterocycles. The second kappa shape index (κ2) is 8.13. The van der Waals surface area contributed by atoms with Crippen molar-refractivity contribution >= 4 is 17.2 Å². The molecule has 1 heterocycles. The lowest BCUT2D eigenvalue weighted by Gasteiger charge is -2.07. The van der Waals surface area contributed by atoms with Gasteiger partial charge >= 0.3 is 0 Å². The van der Waals surface area contributed by atoms with Crippen LogP contribution in [-0.2, 0) is 4.74 Å². The number of halogens is 1. The monoisotopic (exact) mass is 253 g/mol. The SMILES string of the molecule is CCCCCC/C(=C/OC)c1ccc(Cl)nc1. The summed E-state index contributed by atoms with van der Waals surface area (Å²) in [5.74, 6) is 0. The highest BCUT2D eigenvalue weighted by Gasteiger charge is 2.03. The largest absolute Gasteiger partial charge is 0.504 e. The Morgan fingerprint density at radius 2 is 2.18 bits per heavy atom. The molecule has 0 N–H and O–H groups in total. The Hall–Kier alpha value is -1.02. The van der Waals surface area contributed by atoms with Gasteiger partial charge in [0, 0.05) is 6.20 Å². The zero-order valence-corrected chi connectivity index (χ0v) is 11.3. The highest BCUT2D eigenvalue weighted by molar-refractivity contribution is 6.29. The van der Waals surface area contributed by atoms with Gasteiger partial charge in [-0.3, -0.25) is 0 Å². The minimum atomic E-state index is 0.525. The zero-order chi connectivity index (χ0) is 12.5. The molecule has 0 radical (unpaired) electrons. The number of methoxy groups -OCH3 is 1. The maximum atomic E-state index is 5.78. The van der Waals surface area contributed by atoms with Crippen molar-refractivity contribution < 1.29 is 4.74 Å². The Bertz CT molecular complexity index is 346. The highest BCUT2D eigenvalue weighted by atomic mass is 35.5. The van der Waals surface area contributed by atoms with E-state index in [0.717, 1.165) is 12.0 Å². The molecule has 1 aromatic rings. The van der Waals surface area contributed by atoms with E-state index in [0.29, 0.717) is 5.15 Å². The van der Waals surface area contributed by atoms with Gasteiger partial charge in [-0.25, -0.2) is 4.98 Å². The molecule has 0 bridgehead atoms. The summed E-state index contributed by atoms with van der Waals surface area (Å²) >= 11 is 5.78. The quantitative estimate of drug-likeness (QED) is 0.399. The van der Waals surface area contributed by atoms with E-state index in [4.69, 9.17) is 16.3 Å². The van der Waals surface area contributed by atoms with E-state index in [-0.39, 0.29) is 0 Å². The fraction of sp³-hybridized carbons (Fsp3) is 0.500. The molecule has 2 nitrogen and oxygen atoms in total. The van der Waals surface area contributed by atoms with E-state index in [1.807, 2.05) is 12.1 Å². The third-order valence-electron chi connectivity index (χ3n) is 2.66. The van der Waals surface area contributed by atoms with Crippen LogP contribution >= 0.6 is 11.6 Å². The number of aromatic nitrogens is 1. The van der Waals surface area contributed by atoms with Crippen LogP contribution in [0.5, 0.6) is 0 Å². The number of allylic oxidation sites excluding steroid dienone is 1. The van der Waals surface area contributed by atoms with Crippen LogP contribution in [0, 0.1) is 0 Å². The summed E-state index contributed by atoms with van der Waals surface area (Å²) < 4.78 is 5.12. The van der Waals surface area contributed by atoms with Gasteiger partial charge in [0.1, 0.15) is 5.15 Å². The van der Waals surface area contributed by atoms with Crippen LogP contribution in [0.4, 0.5) is 0 Å². The van der Waals surface area contributed by atoms with Crippen molar-refractivity contribution in [3.8, 4) is 0 Å². The molecule has 94 valence electrons. The Kier molecular flexibility index (Phi) is 6.71. The van der Waals surface area contributed by atoms with Crippen LogP contribution in [0.25, 0.3) is 5.57 Å². The lowest BCUT2D eigenvalue weighted by Crippen LogP contribution is -1.89. The van der Waals surface area contributed by atoms with Crippen LogP contribution in [-0.4, -0.2) is 12.1 Å². The minimum absolute atomic E-state index is 0.525. The predicted molar refractivity (Wildman–Crippen MR) is 73.0 cm³/mol. The van der Waals surface area contributed by atoms with Crippen LogP contribution in [0.2, 0.25) is 5.15 Å². The third kappa shape index (κ3) is 5.22. The highest BCUT2D eigenvalue weighted by Crippen LogP contribution is 2.21. The predicted octanol–water partition coefficient (Wildman–Crippen LogP) is 4.69. The molecule has 0 amide bonds. The van der Waals surface area contributed by atoms with Gasteiger partial charge < -0.3 is 4.74 Å². The van der Waals surface area contributed by atoms with Crippen LogP contribution in [0.1, 0.15) is 44.6 Å². The van der Waals surface area contributed by atoms with Crippen molar-refractivity contribution in [2.75, 3.05) is 7.11 Å². The topological polar surface area (TPSA) is 22.1 Å². The number of unbranched alkanes of at least 4 members (excludes halogenated alkanes) is 3. The first-order valence-corrected chi connectivity index (χ1v) is 6.49. The first-order valence-electron chi connectivity index (χ1n) is 6.11. The van der Waals surface area contributed by atoms with Crippen molar-refractivity contribution in [3.05, 3.63) is 35.3 Å². The van der Waals surface area contributed by atoms with Gasteiger partial charge in [0.15, 0.2) is 0 Å². The third-order valence-corrected chi connectivity index (χ3v) is 2.88. The summed E-state index contributed by atoms with van der Waals surface area (Å²) in [6, 6.07) is 3.80.